The first-order valence-electron chi connectivity index (χ1n) is 7.87. The number of hydrogen-bond donors (Lipinski definition) is 2. The average molecular weight is 296 g/mol. The van der Waals surface area contributed by atoms with Crippen LogP contribution in [0, 0.1) is 0 Å². The van der Waals surface area contributed by atoms with Gasteiger partial charge in [0.2, 0.25) is 0 Å². The monoisotopic (exact) mass is 296 g/mol. The normalized spacial score (nSPS) is 20.3. The summed E-state index contributed by atoms with van der Waals surface area (Å²) in [6.45, 7) is 13.4. The summed E-state index contributed by atoms with van der Waals surface area (Å²) < 4.78 is 0. The number of aromatic nitrogens is 1. The van der Waals surface area contributed by atoms with Crippen LogP contribution in [0.5, 0.6) is 0 Å². The Hall–Kier alpha value is -2.23. The number of anilines is 1. The van der Waals surface area contributed by atoms with E-state index in [4.69, 9.17) is 4.98 Å². The number of hydrogen-bond acceptors (Lipinski definition) is 4. The molecular weight excluding hydrogens is 272 g/mol. The summed E-state index contributed by atoms with van der Waals surface area (Å²) in [5.74, 6) is 0.929. The highest BCUT2D eigenvalue weighted by Crippen LogP contribution is 2.31. The van der Waals surface area contributed by atoms with Crippen LogP contribution in [-0.4, -0.2) is 29.5 Å². The molecule has 116 valence electrons. The fourth-order valence-electron chi connectivity index (χ4n) is 3.24. The number of rotatable bonds is 4. The van der Waals surface area contributed by atoms with Crippen LogP contribution in [0.25, 0.3) is 5.70 Å². The van der Waals surface area contributed by atoms with Crippen LogP contribution in [-0.2, 0) is 6.42 Å². The highest BCUT2D eigenvalue weighted by Gasteiger charge is 2.28. The summed E-state index contributed by atoms with van der Waals surface area (Å²) in [6, 6.07) is 4.53. The van der Waals surface area contributed by atoms with E-state index in [2.05, 4.69) is 47.4 Å². The molecular formula is C18H24N4. The van der Waals surface area contributed by atoms with Gasteiger partial charge < -0.3 is 15.5 Å². The maximum Gasteiger partial charge on any atom is 0.134 e. The molecule has 0 amide bonds. The molecule has 0 aromatic carbocycles. The summed E-state index contributed by atoms with van der Waals surface area (Å²) in [4.78, 5) is 7.08. The van der Waals surface area contributed by atoms with E-state index in [1.165, 1.54) is 5.56 Å². The van der Waals surface area contributed by atoms with Gasteiger partial charge in [0.15, 0.2) is 0 Å². The van der Waals surface area contributed by atoms with Gasteiger partial charge in [0, 0.05) is 25.0 Å². The fourth-order valence-corrected chi connectivity index (χ4v) is 3.24. The van der Waals surface area contributed by atoms with Gasteiger partial charge in [-0.05, 0) is 37.3 Å². The number of likely N-dealkylation sites (N-methyl/N-ethyl adjacent to an activating group) is 1. The van der Waals surface area contributed by atoms with Crippen molar-refractivity contribution in [3.05, 3.63) is 54.5 Å². The minimum Gasteiger partial charge on any atom is -0.390 e. The largest absolute Gasteiger partial charge is 0.390 e. The van der Waals surface area contributed by atoms with Crippen molar-refractivity contribution in [1.82, 2.24) is 15.2 Å². The lowest BCUT2D eigenvalue weighted by molar-refractivity contribution is 0.398. The Morgan fingerprint density at radius 3 is 2.95 bits per heavy atom. The number of allylic oxidation sites excluding steroid dienone is 1. The lowest BCUT2D eigenvalue weighted by Gasteiger charge is -2.30. The summed E-state index contributed by atoms with van der Waals surface area (Å²) in [7, 11) is 1.92. The molecule has 22 heavy (non-hydrogen) atoms. The third-order valence-corrected chi connectivity index (χ3v) is 4.59. The van der Waals surface area contributed by atoms with Crippen LogP contribution in [0.1, 0.15) is 30.5 Å². The van der Waals surface area contributed by atoms with Crippen molar-refractivity contribution >= 4 is 11.5 Å². The topological polar surface area (TPSA) is 40.2 Å². The Morgan fingerprint density at radius 1 is 1.36 bits per heavy atom. The molecule has 0 saturated carbocycles. The van der Waals surface area contributed by atoms with Crippen molar-refractivity contribution in [3.63, 3.8) is 0 Å². The second-order valence-corrected chi connectivity index (χ2v) is 6.01. The standard InChI is InChI=1S/C18H24N4/c1-12-7-8-15-9-10-16(21-18(15)20-12)14(3)22-11-5-6-17(22)13(2)19-4/h9-10,17,19H,1-3,5-8,11H2,4H3,(H,20,21). The van der Waals surface area contributed by atoms with Gasteiger partial charge in [0.25, 0.3) is 0 Å². The van der Waals surface area contributed by atoms with Crippen molar-refractivity contribution in [2.75, 3.05) is 18.9 Å². The van der Waals surface area contributed by atoms with Crippen molar-refractivity contribution in [1.29, 1.82) is 0 Å². The number of pyridine rings is 1. The molecule has 4 nitrogen and oxygen atoms in total. The molecule has 2 aliphatic rings. The number of aryl methyl sites for hydroxylation is 1. The van der Waals surface area contributed by atoms with Crippen LogP contribution in [0.2, 0.25) is 0 Å². The van der Waals surface area contributed by atoms with Gasteiger partial charge in [-0.25, -0.2) is 4.98 Å². The predicted octanol–water partition coefficient (Wildman–Crippen LogP) is 3.12. The molecule has 1 fully saturated rings. The van der Waals surface area contributed by atoms with E-state index in [9.17, 15) is 0 Å². The van der Waals surface area contributed by atoms with Crippen LogP contribution >= 0.6 is 0 Å². The van der Waals surface area contributed by atoms with Gasteiger partial charge in [-0.1, -0.05) is 25.8 Å². The highest BCUT2D eigenvalue weighted by molar-refractivity contribution is 5.64. The number of nitrogens with zero attached hydrogens (tertiary/aromatic N) is 2. The zero-order chi connectivity index (χ0) is 15.7. The molecule has 3 heterocycles. The van der Waals surface area contributed by atoms with E-state index in [-0.39, 0.29) is 0 Å². The first kappa shape index (κ1) is 14.7. The Morgan fingerprint density at radius 2 is 2.18 bits per heavy atom. The maximum absolute atomic E-state index is 4.76. The molecule has 0 bridgehead atoms. The van der Waals surface area contributed by atoms with Gasteiger partial charge in [-0.2, -0.15) is 0 Å². The summed E-state index contributed by atoms with van der Waals surface area (Å²) in [6.07, 6.45) is 4.25. The Bertz CT molecular complexity index is 632. The Labute approximate surface area is 132 Å². The van der Waals surface area contributed by atoms with Gasteiger partial charge in [-0.3, -0.25) is 0 Å². The zero-order valence-corrected chi connectivity index (χ0v) is 13.3. The second-order valence-electron chi connectivity index (χ2n) is 6.01. The smallest absolute Gasteiger partial charge is 0.134 e. The van der Waals surface area contributed by atoms with Crippen molar-refractivity contribution < 1.29 is 0 Å². The van der Waals surface area contributed by atoms with Gasteiger partial charge >= 0.3 is 0 Å². The molecule has 1 aromatic rings. The van der Waals surface area contributed by atoms with Gasteiger partial charge in [-0.15, -0.1) is 0 Å². The van der Waals surface area contributed by atoms with E-state index < -0.39 is 0 Å². The van der Waals surface area contributed by atoms with Gasteiger partial charge in [0.05, 0.1) is 17.4 Å². The van der Waals surface area contributed by atoms with Gasteiger partial charge in [0.1, 0.15) is 5.82 Å². The second kappa shape index (κ2) is 5.87. The first-order chi connectivity index (χ1) is 10.6. The molecule has 2 N–H and O–H groups in total. The van der Waals surface area contributed by atoms with Crippen molar-refractivity contribution in [2.24, 2.45) is 0 Å². The molecule has 0 spiro atoms. The quantitative estimate of drug-likeness (QED) is 0.895. The third-order valence-electron chi connectivity index (χ3n) is 4.59. The van der Waals surface area contributed by atoms with Crippen LogP contribution in [0.4, 0.5) is 5.82 Å². The number of nitrogens with one attached hydrogen (secondary N) is 2. The first-order valence-corrected chi connectivity index (χ1v) is 7.87. The molecule has 2 aliphatic heterocycles. The van der Waals surface area contributed by atoms with Crippen LogP contribution < -0.4 is 10.6 Å². The lowest BCUT2D eigenvalue weighted by Crippen LogP contribution is -2.33. The number of likely N-dealkylation sites (tertiary alicyclic amines) is 1. The Balaban J connectivity index is 1.84. The van der Waals surface area contributed by atoms with E-state index in [1.807, 2.05) is 7.05 Å². The SMILES string of the molecule is C=C1CCc2ccc(C(=C)N3CCCC3C(=C)NC)nc2N1. The molecule has 0 aliphatic carbocycles. The Kier molecular flexibility index (Phi) is 3.92. The zero-order valence-electron chi connectivity index (χ0n) is 13.3. The van der Waals surface area contributed by atoms with Crippen molar-refractivity contribution in [2.45, 2.75) is 31.7 Å². The molecule has 3 rings (SSSR count). The summed E-state index contributed by atoms with van der Waals surface area (Å²) >= 11 is 0. The number of fused-ring (bicyclic) bond motifs is 1. The van der Waals surface area contributed by atoms with E-state index in [0.717, 1.165) is 60.8 Å². The van der Waals surface area contributed by atoms with E-state index in [1.54, 1.807) is 0 Å². The molecule has 1 unspecified atom stereocenters. The van der Waals surface area contributed by atoms with Crippen molar-refractivity contribution in [3.8, 4) is 0 Å². The third kappa shape index (κ3) is 2.61. The average Bonchev–Trinajstić information content (AvgIpc) is 3.02. The predicted molar refractivity (Wildman–Crippen MR) is 92.3 cm³/mol. The fraction of sp³-hybridized carbons (Fsp3) is 0.389. The molecule has 1 aromatic heterocycles. The lowest BCUT2D eigenvalue weighted by atomic mass is 10.0. The minimum atomic E-state index is 0.304. The maximum atomic E-state index is 4.76. The van der Waals surface area contributed by atoms with Crippen LogP contribution in [0.3, 0.4) is 0 Å². The summed E-state index contributed by atoms with van der Waals surface area (Å²) in [5.41, 5.74) is 5.23. The minimum absolute atomic E-state index is 0.304. The van der Waals surface area contributed by atoms with E-state index in [0.29, 0.717) is 6.04 Å². The highest BCUT2D eigenvalue weighted by atomic mass is 15.2. The summed E-state index contributed by atoms with van der Waals surface area (Å²) in [5, 5.41) is 6.47. The molecule has 0 radical (unpaired) electrons. The van der Waals surface area contributed by atoms with Crippen LogP contribution in [0.15, 0.2) is 43.3 Å². The molecule has 1 atom stereocenters. The van der Waals surface area contributed by atoms with E-state index >= 15 is 0 Å². The molecule has 1 saturated heterocycles. The molecule has 4 heteroatoms.